The third kappa shape index (κ3) is 4.13. The minimum Gasteiger partial charge on any atom is -0.462 e. The molecule has 6 heteroatoms. The van der Waals surface area contributed by atoms with Crippen LogP contribution in [0, 0.1) is 13.8 Å². The molecule has 0 saturated carbocycles. The number of aliphatic imine (C=N–C) groups is 1. The Morgan fingerprint density at radius 1 is 1.14 bits per heavy atom. The molecule has 0 N–H and O–H groups in total. The molecule has 0 radical (unpaired) electrons. The van der Waals surface area contributed by atoms with Gasteiger partial charge in [-0.3, -0.25) is 4.99 Å². The van der Waals surface area contributed by atoms with E-state index in [1.807, 2.05) is 38.1 Å². The van der Waals surface area contributed by atoms with Gasteiger partial charge in [0.05, 0.1) is 27.9 Å². The second kappa shape index (κ2) is 8.63. The van der Waals surface area contributed by atoms with Crippen LogP contribution in [-0.2, 0) is 4.74 Å². The van der Waals surface area contributed by atoms with E-state index >= 15 is 0 Å². The molecule has 0 aliphatic heterocycles. The summed E-state index contributed by atoms with van der Waals surface area (Å²) in [5, 5.41) is 0.909. The summed E-state index contributed by atoms with van der Waals surface area (Å²) >= 11 is 12.3. The maximum absolute atomic E-state index is 11.8. The van der Waals surface area contributed by atoms with Crippen LogP contribution in [0.1, 0.15) is 34.2 Å². The fourth-order valence-electron chi connectivity index (χ4n) is 3.01. The lowest BCUT2D eigenvalue weighted by Gasteiger charge is -2.10. The van der Waals surface area contributed by atoms with Crippen LogP contribution in [0.3, 0.4) is 0 Å². The van der Waals surface area contributed by atoms with E-state index in [1.54, 1.807) is 31.3 Å². The molecule has 1 aromatic heterocycles. The summed E-state index contributed by atoms with van der Waals surface area (Å²) < 4.78 is 7.14. The fourth-order valence-corrected chi connectivity index (χ4v) is 3.35. The molecular formula is C22H20Cl2N2O2. The van der Waals surface area contributed by atoms with Crippen molar-refractivity contribution in [2.24, 2.45) is 4.99 Å². The number of aryl methyl sites for hydroxylation is 1. The number of benzene rings is 2. The zero-order valence-electron chi connectivity index (χ0n) is 15.9. The average molecular weight is 415 g/mol. The van der Waals surface area contributed by atoms with Crippen molar-refractivity contribution in [3.05, 3.63) is 81.1 Å². The number of ether oxygens (including phenoxy) is 1. The average Bonchev–Trinajstić information content (AvgIpc) is 2.97. The van der Waals surface area contributed by atoms with E-state index in [0.717, 1.165) is 22.6 Å². The molecule has 0 atom stereocenters. The summed E-state index contributed by atoms with van der Waals surface area (Å²) in [6, 6.07) is 14.8. The SMILES string of the molecule is CCOC(=O)c1ccc(-n2c(C)cc(C=Nc3cccc(Cl)c3Cl)c2C)cc1. The lowest BCUT2D eigenvalue weighted by molar-refractivity contribution is 0.0526. The molecule has 1 heterocycles. The first-order valence-corrected chi connectivity index (χ1v) is 9.62. The standard InChI is InChI=1S/C22H20Cl2N2O2/c1-4-28-22(27)16-8-10-18(11-9-16)26-14(2)12-17(15(26)3)13-25-20-7-5-6-19(23)21(20)24/h5-13H,4H2,1-3H3. The predicted octanol–water partition coefficient (Wildman–Crippen LogP) is 6.33. The van der Waals surface area contributed by atoms with Crippen molar-refractivity contribution in [3.63, 3.8) is 0 Å². The first-order chi connectivity index (χ1) is 13.4. The molecule has 0 unspecified atom stereocenters. The normalized spacial score (nSPS) is 11.2. The van der Waals surface area contributed by atoms with Gasteiger partial charge in [-0.05, 0) is 63.2 Å². The first kappa shape index (κ1) is 20.2. The van der Waals surface area contributed by atoms with Crippen LogP contribution in [0.25, 0.3) is 5.69 Å². The summed E-state index contributed by atoms with van der Waals surface area (Å²) in [5.74, 6) is -0.318. The number of esters is 1. The van der Waals surface area contributed by atoms with Crippen LogP contribution in [0.2, 0.25) is 10.0 Å². The molecule has 0 bridgehead atoms. The molecular weight excluding hydrogens is 395 g/mol. The molecule has 28 heavy (non-hydrogen) atoms. The van der Waals surface area contributed by atoms with Gasteiger partial charge in [-0.15, -0.1) is 0 Å². The molecule has 3 rings (SSSR count). The number of nitrogens with zero attached hydrogens (tertiary/aromatic N) is 2. The molecule has 4 nitrogen and oxygen atoms in total. The predicted molar refractivity (Wildman–Crippen MR) is 115 cm³/mol. The van der Waals surface area contributed by atoms with Gasteiger partial charge in [-0.25, -0.2) is 4.79 Å². The number of hydrogen-bond acceptors (Lipinski definition) is 3. The molecule has 0 aliphatic rings. The summed E-state index contributed by atoms with van der Waals surface area (Å²) in [7, 11) is 0. The number of aromatic nitrogens is 1. The van der Waals surface area contributed by atoms with E-state index in [-0.39, 0.29) is 5.97 Å². The van der Waals surface area contributed by atoms with Crippen molar-refractivity contribution in [3.8, 4) is 5.69 Å². The van der Waals surface area contributed by atoms with Crippen molar-refractivity contribution < 1.29 is 9.53 Å². The number of carbonyl (C=O) groups is 1. The second-order valence-corrected chi connectivity index (χ2v) is 7.05. The van der Waals surface area contributed by atoms with Gasteiger partial charge in [0.2, 0.25) is 0 Å². The van der Waals surface area contributed by atoms with Crippen LogP contribution in [0.15, 0.2) is 53.5 Å². The van der Waals surface area contributed by atoms with Crippen LogP contribution in [0.4, 0.5) is 5.69 Å². The van der Waals surface area contributed by atoms with E-state index in [2.05, 4.69) is 15.6 Å². The molecule has 0 spiro atoms. The van der Waals surface area contributed by atoms with Gasteiger partial charge in [0.25, 0.3) is 0 Å². The Morgan fingerprint density at radius 3 is 2.54 bits per heavy atom. The zero-order chi connectivity index (χ0) is 20.3. The van der Waals surface area contributed by atoms with E-state index < -0.39 is 0 Å². The second-order valence-electron chi connectivity index (χ2n) is 6.26. The molecule has 0 aliphatic carbocycles. The summed E-state index contributed by atoms with van der Waals surface area (Å²) in [5.41, 5.74) is 5.18. The largest absolute Gasteiger partial charge is 0.462 e. The Kier molecular flexibility index (Phi) is 6.22. The van der Waals surface area contributed by atoms with Crippen LogP contribution in [0.5, 0.6) is 0 Å². The van der Waals surface area contributed by atoms with Crippen LogP contribution >= 0.6 is 23.2 Å². The fraction of sp³-hybridized carbons (Fsp3) is 0.182. The number of hydrogen-bond donors (Lipinski definition) is 0. The minimum absolute atomic E-state index is 0.318. The maximum atomic E-state index is 11.8. The molecule has 0 fully saturated rings. The van der Waals surface area contributed by atoms with E-state index in [4.69, 9.17) is 27.9 Å². The Balaban J connectivity index is 1.91. The molecule has 144 valence electrons. The lowest BCUT2D eigenvalue weighted by Crippen LogP contribution is -2.05. The molecule has 0 amide bonds. The van der Waals surface area contributed by atoms with Gasteiger partial charge in [0.1, 0.15) is 0 Å². The highest BCUT2D eigenvalue weighted by atomic mass is 35.5. The Labute approximate surface area is 174 Å². The van der Waals surface area contributed by atoms with Crippen molar-refractivity contribution in [1.82, 2.24) is 4.57 Å². The summed E-state index contributed by atoms with van der Waals surface area (Å²) in [6.07, 6.45) is 1.78. The quantitative estimate of drug-likeness (QED) is 0.361. The summed E-state index contributed by atoms with van der Waals surface area (Å²) in [4.78, 5) is 16.3. The third-order valence-electron chi connectivity index (χ3n) is 4.38. The van der Waals surface area contributed by atoms with Crippen molar-refractivity contribution in [2.45, 2.75) is 20.8 Å². The highest BCUT2D eigenvalue weighted by Gasteiger charge is 2.12. The topological polar surface area (TPSA) is 43.6 Å². The van der Waals surface area contributed by atoms with E-state index in [0.29, 0.717) is 27.9 Å². The van der Waals surface area contributed by atoms with Gasteiger partial charge < -0.3 is 9.30 Å². The number of rotatable bonds is 5. The molecule has 3 aromatic rings. The lowest BCUT2D eigenvalue weighted by atomic mass is 10.2. The van der Waals surface area contributed by atoms with Crippen LogP contribution < -0.4 is 0 Å². The van der Waals surface area contributed by atoms with E-state index in [1.165, 1.54) is 0 Å². The number of carbonyl (C=O) groups excluding carboxylic acids is 1. The highest BCUT2D eigenvalue weighted by Crippen LogP contribution is 2.32. The van der Waals surface area contributed by atoms with Crippen molar-refractivity contribution in [1.29, 1.82) is 0 Å². The Bertz CT molecular complexity index is 1040. The van der Waals surface area contributed by atoms with E-state index in [9.17, 15) is 4.79 Å². The van der Waals surface area contributed by atoms with Crippen molar-refractivity contribution >= 4 is 41.1 Å². The van der Waals surface area contributed by atoms with Crippen molar-refractivity contribution in [2.75, 3.05) is 6.61 Å². The van der Waals surface area contributed by atoms with Gasteiger partial charge in [0, 0.05) is 28.9 Å². The summed E-state index contributed by atoms with van der Waals surface area (Å²) in [6.45, 7) is 6.19. The zero-order valence-corrected chi connectivity index (χ0v) is 17.4. The first-order valence-electron chi connectivity index (χ1n) is 8.87. The maximum Gasteiger partial charge on any atom is 0.338 e. The monoisotopic (exact) mass is 414 g/mol. The Hall–Kier alpha value is -2.56. The van der Waals surface area contributed by atoms with Gasteiger partial charge in [-0.2, -0.15) is 0 Å². The van der Waals surface area contributed by atoms with Crippen LogP contribution in [-0.4, -0.2) is 23.4 Å². The third-order valence-corrected chi connectivity index (χ3v) is 5.19. The van der Waals surface area contributed by atoms with Gasteiger partial charge in [-0.1, -0.05) is 29.3 Å². The molecule has 2 aromatic carbocycles. The molecule has 0 saturated heterocycles. The smallest absolute Gasteiger partial charge is 0.338 e. The minimum atomic E-state index is -0.318. The highest BCUT2D eigenvalue weighted by molar-refractivity contribution is 6.43. The Morgan fingerprint density at radius 2 is 1.86 bits per heavy atom. The number of halogens is 2. The van der Waals surface area contributed by atoms with Gasteiger partial charge >= 0.3 is 5.97 Å². The van der Waals surface area contributed by atoms with Gasteiger partial charge in [0.15, 0.2) is 0 Å².